The molecule has 0 amide bonds. The zero-order chi connectivity index (χ0) is 24.2. The van der Waals surface area contributed by atoms with Crippen molar-refractivity contribution < 1.29 is 13.9 Å². The predicted octanol–water partition coefficient (Wildman–Crippen LogP) is 6.05. The van der Waals surface area contributed by atoms with Crippen molar-refractivity contribution in [3.63, 3.8) is 0 Å². The Kier molecular flexibility index (Phi) is 6.26. The van der Waals surface area contributed by atoms with E-state index in [2.05, 4.69) is 39.0 Å². The van der Waals surface area contributed by atoms with Crippen LogP contribution in [0.4, 0.5) is 0 Å². The van der Waals surface area contributed by atoms with Crippen molar-refractivity contribution in [2.24, 2.45) is 0 Å². The topological polar surface area (TPSA) is 70.2 Å². The molecular weight excluding hydrogens is 438 g/mol. The number of carbonyl (C=O) groups is 1. The molecule has 2 heterocycles. The third kappa shape index (κ3) is 4.64. The van der Waals surface area contributed by atoms with Gasteiger partial charge in [0.05, 0.1) is 6.04 Å². The number of benzene rings is 3. The van der Waals surface area contributed by atoms with E-state index in [9.17, 15) is 4.79 Å². The van der Waals surface area contributed by atoms with E-state index in [4.69, 9.17) is 9.15 Å². The van der Waals surface area contributed by atoms with Crippen LogP contribution in [0.1, 0.15) is 38.9 Å². The van der Waals surface area contributed by atoms with Gasteiger partial charge < -0.3 is 13.7 Å². The number of ketones is 1. The molecule has 0 unspecified atom stereocenters. The van der Waals surface area contributed by atoms with Crippen molar-refractivity contribution in [3.8, 4) is 17.2 Å². The van der Waals surface area contributed by atoms with Crippen molar-refractivity contribution in [1.82, 2.24) is 14.8 Å². The molecule has 0 aliphatic heterocycles. The van der Waals surface area contributed by atoms with Gasteiger partial charge in [0, 0.05) is 22.5 Å². The van der Waals surface area contributed by atoms with Crippen LogP contribution in [0.15, 0.2) is 102 Å². The molecule has 5 rings (SSSR count). The number of carbonyl (C=O) groups excluding carboxylic acids is 1. The highest BCUT2D eigenvalue weighted by molar-refractivity contribution is 5.98. The van der Waals surface area contributed by atoms with Crippen molar-refractivity contribution in [2.75, 3.05) is 6.61 Å². The van der Waals surface area contributed by atoms with Crippen LogP contribution in [0.2, 0.25) is 0 Å². The average molecular weight is 464 g/mol. The highest BCUT2D eigenvalue weighted by Crippen LogP contribution is 2.32. The van der Waals surface area contributed by atoms with Crippen LogP contribution in [0.3, 0.4) is 0 Å². The maximum atomic E-state index is 13.2. The van der Waals surface area contributed by atoms with Gasteiger partial charge in [-0.15, -0.1) is 10.2 Å². The van der Waals surface area contributed by atoms with E-state index >= 15 is 0 Å². The van der Waals surface area contributed by atoms with E-state index in [-0.39, 0.29) is 18.4 Å². The Balaban J connectivity index is 1.39. The average Bonchev–Trinajstić information content (AvgIpc) is 3.54. The van der Waals surface area contributed by atoms with Gasteiger partial charge in [0.1, 0.15) is 5.75 Å². The fourth-order valence-electron chi connectivity index (χ4n) is 4.44. The fourth-order valence-corrected chi connectivity index (χ4v) is 4.44. The summed E-state index contributed by atoms with van der Waals surface area (Å²) in [6.45, 7) is 3.99. The third-order valence-electron chi connectivity index (χ3n) is 6.10. The van der Waals surface area contributed by atoms with E-state index in [0.29, 0.717) is 17.2 Å². The molecule has 5 aromatic rings. The number of aryl methyl sites for hydroxylation is 1. The van der Waals surface area contributed by atoms with Crippen molar-refractivity contribution >= 4 is 5.78 Å². The van der Waals surface area contributed by atoms with Gasteiger partial charge in [0.2, 0.25) is 18.1 Å². The van der Waals surface area contributed by atoms with Gasteiger partial charge in [-0.3, -0.25) is 4.79 Å². The second-order valence-corrected chi connectivity index (χ2v) is 8.36. The molecule has 0 atom stereocenters. The predicted molar refractivity (Wildman–Crippen MR) is 134 cm³/mol. The molecule has 174 valence electrons. The molecule has 35 heavy (non-hydrogen) atoms. The zero-order valence-corrected chi connectivity index (χ0v) is 19.6. The normalized spacial score (nSPS) is 11.1. The van der Waals surface area contributed by atoms with Gasteiger partial charge in [0.15, 0.2) is 6.61 Å². The monoisotopic (exact) mass is 463 g/mol. The van der Waals surface area contributed by atoms with Gasteiger partial charge in [-0.1, -0.05) is 60.7 Å². The molecule has 0 bridgehead atoms. The van der Waals surface area contributed by atoms with Gasteiger partial charge in [-0.25, -0.2) is 0 Å². The molecule has 0 saturated carbocycles. The van der Waals surface area contributed by atoms with Gasteiger partial charge in [-0.2, -0.15) is 0 Å². The highest BCUT2D eigenvalue weighted by atomic mass is 16.5. The van der Waals surface area contributed by atoms with E-state index in [1.54, 1.807) is 12.1 Å². The number of hydrogen-bond acceptors (Lipinski definition) is 5. The van der Waals surface area contributed by atoms with Gasteiger partial charge in [0.25, 0.3) is 0 Å². The van der Waals surface area contributed by atoms with Crippen molar-refractivity contribution in [1.29, 1.82) is 0 Å². The van der Waals surface area contributed by atoms with E-state index in [1.165, 1.54) is 6.39 Å². The van der Waals surface area contributed by atoms with Crippen LogP contribution in [-0.2, 0) is 0 Å². The fraction of sp³-hybridized carbons (Fsp3) is 0.138. The van der Waals surface area contributed by atoms with Crippen LogP contribution in [0.5, 0.6) is 5.75 Å². The first-order valence-electron chi connectivity index (χ1n) is 11.4. The second kappa shape index (κ2) is 9.81. The Morgan fingerprint density at radius 3 is 2.11 bits per heavy atom. The van der Waals surface area contributed by atoms with E-state index in [0.717, 1.165) is 28.1 Å². The molecular formula is C29H25N3O3. The minimum absolute atomic E-state index is 0.0305. The summed E-state index contributed by atoms with van der Waals surface area (Å²) < 4.78 is 13.2. The molecule has 6 heteroatoms. The Bertz CT molecular complexity index is 1370. The molecule has 0 radical (unpaired) electrons. The van der Waals surface area contributed by atoms with Crippen LogP contribution in [0, 0.1) is 13.8 Å². The highest BCUT2D eigenvalue weighted by Gasteiger charge is 2.23. The van der Waals surface area contributed by atoms with Crippen LogP contribution in [0.25, 0.3) is 11.5 Å². The number of Topliss-reactive ketones (excluding diaryl/α,β-unsaturated/α-hetero) is 1. The Hall–Kier alpha value is -4.45. The molecule has 0 aliphatic rings. The molecule has 3 aromatic carbocycles. The SMILES string of the molecule is Cc1cc(C(=O)COc2ccc(-c3nnco3)cc2)c(C)n1C(c1ccccc1)c1ccccc1. The second-order valence-electron chi connectivity index (χ2n) is 8.36. The molecule has 6 nitrogen and oxygen atoms in total. The molecule has 0 saturated heterocycles. The lowest BCUT2D eigenvalue weighted by Crippen LogP contribution is -2.17. The number of aromatic nitrogens is 3. The minimum atomic E-state index is -0.0646. The minimum Gasteiger partial charge on any atom is -0.485 e. The number of ether oxygens (including phenoxy) is 1. The largest absolute Gasteiger partial charge is 0.485 e. The maximum Gasteiger partial charge on any atom is 0.247 e. The Morgan fingerprint density at radius 1 is 0.914 bits per heavy atom. The summed E-state index contributed by atoms with van der Waals surface area (Å²) >= 11 is 0. The van der Waals surface area contributed by atoms with Gasteiger partial charge >= 0.3 is 0 Å². The first kappa shape index (κ1) is 22.3. The molecule has 0 spiro atoms. The molecule has 0 aliphatic carbocycles. The summed E-state index contributed by atoms with van der Waals surface area (Å²) in [5.74, 6) is 0.971. The zero-order valence-electron chi connectivity index (χ0n) is 19.6. The van der Waals surface area contributed by atoms with Crippen LogP contribution in [-0.4, -0.2) is 27.2 Å². The number of hydrogen-bond donors (Lipinski definition) is 0. The first-order valence-corrected chi connectivity index (χ1v) is 11.4. The lowest BCUT2D eigenvalue weighted by atomic mass is 9.98. The summed E-state index contributed by atoms with van der Waals surface area (Å²) in [7, 11) is 0. The van der Waals surface area contributed by atoms with Crippen LogP contribution >= 0.6 is 0 Å². The Morgan fingerprint density at radius 2 is 1.54 bits per heavy atom. The Labute approximate surface area is 203 Å². The standard InChI is InChI=1S/C29H25N3O3/c1-20-17-26(27(33)18-34-25-15-13-24(14-16-25)29-31-30-19-35-29)21(2)32(20)28(22-9-5-3-6-10-22)23-11-7-4-8-12-23/h3-17,19,28H,18H2,1-2H3. The van der Waals surface area contributed by atoms with Gasteiger partial charge in [-0.05, 0) is 55.3 Å². The summed E-state index contributed by atoms with van der Waals surface area (Å²) in [6, 6.07) is 29.9. The quantitative estimate of drug-likeness (QED) is 0.262. The lowest BCUT2D eigenvalue weighted by Gasteiger charge is -2.24. The van der Waals surface area contributed by atoms with Crippen LogP contribution < -0.4 is 4.74 Å². The van der Waals surface area contributed by atoms with Crippen molar-refractivity contribution in [3.05, 3.63) is 125 Å². The van der Waals surface area contributed by atoms with E-state index < -0.39 is 0 Å². The summed E-state index contributed by atoms with van der Waals surface area (Å²) in [4.78, 5) is 13.2. The molecule has 0 fully saturated rings. The van der Waals surface area contributed by atoms with Crippen molar-refractivity contribution in [2.45, 2.75) is 19.9 Å². The number of nitrogens with zero attached hydrogens (tertiary/aromatic N) is 3. The summed E-state index contributed by atoms with van der Waals surface area (Å²) in [5, 5.41) is 7.58. The summed E-state index contributed by atoms with van der Waals surface area (Å²) in [5.41, 5.74) is 5.72. The first-order chi connectivity index (χ1) is 17.1. The van der Waals surface area contributed by atoms with E-state index in [1.807, 2.05) is 68.4 Å². The third-order valence-corrected chi connectivity index (χ3v) is 6.10. The number of rotatable bonds is 8. The maximum absolute atomic E-state index is 13.2. The molecule has 2 aromatic heterocycles. The molecule has 0 N–H and O–H groups in total. The smallest absolute Gasteiger partial charge is 0.247 e. The lowest BCUT2D eigenvalue weighted by molar-refractivity contribution is 0.0920. The summed E-state index contributed by atoms with van der Waals surface area (Å²) in [6.07, 6.45) is 1.29.